The van der Waals surface area contributed by atoms with Crippen molar-refractivity contribution >= 4 is 11.8 Å². The molecule has 0 bridgehead atoms. The van der Waals surface area contributed by atoms with Crippen molar-refractivity contribution in [2.45, 2.75) is 18.8 Å². The van der Waals surface area contributed by atoms with Gasteiger partial charge in [-0.1, -0.05) is 0 Å². The number of methoxy groups -OCH3 is 1. The molecule has 1 aliphatic heterocycles. The number of nitrogens with one attached hydrogen (secondary N) is 2. The molecule has 1 saturated heterocycles. The minimum Gasteiger partial charge on any atom is -0.453 e. The van der Waals surface area contributed by atoms with Crippen LogP contribution in [0.1, 0.15) is 24.3 Å². The van der Waals surface area contributed by atoms with Gasteiger partial charge in [-0.3, -0.25) is 5.32 Å². The Morgan fingerprint density at radius 3 is 2.83 bits per heavy atom. The molecule has 0 unspecified atom stereocenters. The molecule has 0 atom stereocenters. The number of benzene rings is 1. The molecular weight excluding hydrogens is 235 g/mol. The molecule has 0 aliphatic carbocycles. The third kappa shape index (κ3) is 2.98. The molecule has 0 spiro atoms. The summed E-state index contributed by atoms with van der Waals surface area (Å²) in [5.41, 5.74) is 1.24. The number of rotatable bonds is 2. The predicted octanol–water partition coefficient (Wildman–Crippen LogP) is 2.47. The highest BCUT2D eigenvalue weighted by Crippen LogP contribution is 2.29. The second-order valence-electron chi connectivity index (χ2n) is 4.38. The molecule has 0 saturated carbocycles. The van der Waals surface area contributed by atoms with Crippen LogP contribution in [0.5, 0.6) is 0 Å². The molecule has 1 amide bonds. The van der Waals surface area contributed by atoms with Crippen LogP contribution in [0.4, 0.5) is 14.9 Å². The van der Waals surface area contributed by atoms with Gasteiger partial charge in [0, 0.05) is 5.69 Å². The predicted molar refractivity (Wildman–Crippen MR) is 67.3 cm³/mol. The first kappa shape index (κ1) is 12.8. The Hall–Kier alpha value is -1.62. The zero-order valence-electron chi connectivity index (χ0n) is 10.3. The maximum Gasteiger partial charge on any atom is 0.411 e. The van der Waals surface area contributed by atoms with Crippen molar-refractivity contribution in [1.29, 1.82) is 0 Å². The summed E-state index contributed by atoms with van der Waals surface area (Å²) in [5, 5.41) is 5.80. The van der Waals surface area contributed by atoms with Gasteiger partial charge in [-0.05, 0) is 55.6 Å². The van der Waals surface area contributed by atoms with Gasteiger partial charge in [0.2, 0.25) is 0 Å². The molecule has 1 aromatic carbocycles. The molecule has 98 valence electrons. The highest BCUT2D eigenvalue weighted by molar-refractivity contribution is 5.84. The minimum atomic E-state index is -0.544. The van der Waals surface area contributed by atoms with Crippen molar-refractivity contribution in [3.63, 3.8) is 0 Å². The van der Waals surface area contributed by atoms with Crippen LogP contribution in [-0.4, -0.2) is 26.3 Å². The second kappa shape index (κ2) is 5.82. The van der Waals surface area contributed by atoms with E-state index in [1.807, 2.05) is 0 Å². The van der Waals surface area contributed by atoms with E-state index in [0.29, 0.717) is 11.3 Å². The number of halogens is 1. The van der Waals surface area contributed by atoms with Crippen LogP contribution in [0.3, 0.4) is 0 Å². The lowest BCUT2D eigenvalue weighted by molar-refractivity contribution is 0.187. The van der Waals surface area contributed by atoms with Crippen molar-refractivity contribution in [3.8, 4) is 0 Å². The number of hydrogen-bond acceptors (Lipinski definition) is 3. The first-order valence-electron chi connectivity index (χ1n) is 6.06. The summed E-state index contributed by atoms with van der Waals surface area (Å²) < 4.78 is 18.3. The SMILES string of the molecule is COC(=O)Nc1ccc(F)c(C2CCNCC2)c1. The van der Waals surface area contributed by atoms with Crippen LogP contribution in [0.2, 0.25) is 0 Å². The number of carbonyl (C=O) groups is 1. The van der Waals surface area contributed by atoms with E-state index in [0.717, 1.165) is 25.9 Å². The van der Waals surface area contributed by atoms with E-state index in [2.05, 4.69) is 15.4 Å². The number of carbonyl (C=O) groups excluding carboxylic acids is 1. The van der Waals surface area contributed by atoms with Gasteiger partial charge in [0.15, 0.2) is 0 Å². The Balaban J connectivity index is 2.17. The largest absolute Gasteiger partial charge is 0.453 e. The topological polar surface area (TPSA) is 50.4 Å². The Labute approximate surface area is 106 Å². The number of ether oxygens (including phenoxy) is 1. The van der Waals surface area contributed by atoms with E-state index in [1.165, 1.54) is 19.2 Å². The Morgan fingerprint density at radius 1 is 1.44 bits per heavy atom. The molecular formula is C13H17FN2O2. The van der Waals surface area contributed by atoms with Gasteiger partial charge in [-0.2, -0.15) is 0 Å². The van der Waals surface area contributed by atoms with Crippen molar-refractivity contribution in [2.75, 3.05) is 25.5 Å². The van der Waals surface area contributed by atoms with Gasteiger partial charge in [0.1, 0.15) is 5.82 Å². The first-order chi connectivity index (χ1) is 8.70. The maximum absolute atomic E-state index is 13.8. The molecule has 1 aliphatic rings. The van der Waals surface area contributed by atoms with Gasteiger partial charge in [-0.25, -0.2) is 9.18 Å². The van der Waals surface area contributed by atoms with E-state index >= 15 is 0 Å². The standard InChI is InChI=1S/C13H17FN2O2/c1-18-13(17)16-10-2-3-12(14)11(8-10)9-4-6-15-7-5-9/h2-3,8-9,15H,4-7H2,1H3,(H,16,17). The molecule has 0 aromatic heterocycles. The zero-order chi connectivity index (χ0) is 13.0. The third-order valence-electron chi connectivity index (χ3n) is 3.21. The van der Waals surface area contributed by atoms with E-state index in [1.54, 1.807) is 6.07 Å². The van der Waals surface area contributed by atoms with Gasteiger partial charge >= 0.3 is 6.09 Å². The summed E-state index contributed by atoms with van der Waals surface area (Å²) in [6.45, 7) is 1.80. The van der Waals surface area contributed by atoms with E-state index in [9.17, 15) is 9.18 Å². The Kier molecular flexibility index (Phi) is 4.15. The second-order valence-corrected chi connectivity index (χ2v) is 4.38. The smallest absolute Gasteiger partial charge is 0.411 e. The average molecular weight is 252 g/mol. The van der Waals surface area contributed by atoms with Crippen molar-refractivity contribution in [1.82, 2.24) is 5.32 Å². The van der Waals surface area contributed by atoms with Crippen LogP contribution in [0, 0.1) is 5.82 Å². The molecule has 1 aromatic rings. The summed E-state index contributed by atoms with van der Waals surface area (Å²) in [4.78, 5) is 11.1. The van der Waals surface area contributed by atoms with E-state index in [-0.39, 0.29) is 11.7 Å². The molecule has 1 fully saturated rings. The first-order valence-corrected chi connectivity index (χ1v) is 6.06. The lowest BCUT2D eigenvalue weighted by atomic mass is 9.89. The highest BCUT2D eigenvalue weighted by Gasteiger charge is 2.19. The third-order valence-corrected chi connectivity index (χ3v) is 3.21. The maximum atomic E-state index is 13.8. The number of hydrogen-bond donors (Lipinski definition) is 2. The molecule has 4 nitrogen and oxygen atoms in total. The summed E-state index contributed by atoms with van der Waals surface area (Å²) in [5.74, 6) is 0.00274. The molecule has 18 heavy (non-hydrogen) atoms. The Bertz CT molecular complexity index is 431. The summed E-state index contributed by atoms with van der Waals surface area (Å²) in [7, 11) is 1.30. The molecule has 2 N–H and O–H groups in total. The van der Waals surface area contributed by atoms with E-state index < -0.39 is 6.09 Å². The molecule has 2 rings (SSSR count). The van der Waals surface area contributed by atoms with Gasteiger partial charge < -0.3 is 10.1 Å². The monoisotopic (exact) mass is 252 g/mol. The lowest BCUT2D eigenvalue weighted by Gasteiger charge is -2.23. The highest BCUT2D eigenvalue weighted by atomic mass is 19.1. The van der Waals surface area contributed by atoms with Gasteiger partial charge in [0.25, 0.3) is 0 Å². The zero-order valence-corrected chi connectivity index (χ0v) is 10.3. The van der Waals surface area contributed by atoms with Gasteiger partial charge in [-0.15, -0.1) is 0 Å². The summed E-state index contributed by atoms with van der Waals surface area (Å²) in [6, 6.07) is 4.63. The number of amides is 1. The normalized spacial score (nSPS) is 16.3. The van der Waals surface area contributed by atoms with E-state index in [4.69, 9.17) is 0 Å². The van der Waals surface area contributed by atoms with Crippen molar-refractivity contribution in [3.05, 3.63) is 29.6 Å². The summed E-state index contributed by atoms with van der Waals surface area (Å²) >= 11 is 0. The average Bonchev–Trinajstić information content (AvgIpc) is 2.42. The van der Waals surface area contributed by atoms with Crippen molar-refractivity contribution < 1.29 is 13.9 Å². The van der Waals surface area contributed by atoms with Crippen LogP contribution in [-0.2, 0) is 4.74 Å². The molecule has 5 heteroatoms. The quantitative estimate of drug-likeness (QED) is 0.850. The fourth-order valence-electron chi connectivity index (χ4n) is 2.24. The van der Waals surface area contributed by atoms with Crippen molar-refractivity contribution in [2.24, 2.45) is 0 Å². The Morgan fingerprint density at radius 2 is 2.17 bits per heavy atom. The molecule has 0 radical (unpaired) electrons. The fourth-order valence-corrected chi connectivity index (χ4v) is 2.24. The van der Waals surface area contributed by atoms with Crippen LogP contribution in [0.15, 0.2) is 18.2 Å². The fraction of sp³-hybridized carbons (Fsp3) is 0.462. The van der Waals surface area contributed by atoms with Crippen LogP contribution >= 0.6 is 0 Å². The van der Waals surface area contributed by atoms with Gasteiger partial charge in [0.05, 0.1) is 7.11 Å². The lowest BCUT2D eigenvalue weighted by Crippen LogP contribution is -2.27. The number of anilines is 1. The minimum absolute atomic E-state index is 0.211. The molecule has 1 heterocycles. The summed E-state index contributed by atoms with van der Waals surface area (Å²) in [6.07, 6.45) is 1.29. The van der Waals surface area contributed by atoms with Crippen LogP contribution < -0.4 is 10.6 Å². The van der Waals surface area contributed by atoms with Crippen LogP contribution in [0.25, 0.3) is 0 Å². The number of piperidine rings is 1.